The predicted molar refractivity (Wildman–Crippen MR) is 81.6 cm³/mol. The van der Waals surface area contributed by atoms with Crippen LogP contribution in [0.1, 0.15) is 21.5 Å². The number of thiocarbonyl (C=S) groups is 1. The highest BCUT2D eigenvalue weighted by molar-refractivity contribution is 7.80. The van der Waals surface area contributed by atoms with Gasteiger partial charge in [-0.25, -0.2) is 4.39 Å². The van der Waals surface area contributed by atoms with Gasteiger partial charge < -0.3 is 16.2 Å². The minimum atomic E-state index is -0.517. The summed E-state index contributed by atoms with van der Waals surface area (Å²) < 4.78 is 19.1. The van der Waals surface area contributed by atoms with Gasteiger partial charge in [0.2, 0.25) is 5.91 Å². The second-order valence-corrected chi connectivity index (χ2v) is 4.79. The molecule has 6 heteroatoms. The second-order valence-electron chi connectivity index (χ2n) is 4.35. The van der Waals surface area contributed by atoms with Gasteiger partial charge in [-0.3, -0.25) is 4.79 Å². The van der Waals surface area contributed by atoms with Crippen molar-refractivity contribution in [2.24, 2.45) is 11.5 Å². The lowest BCUT2D eigenvalue weighted by Crippen LogP contribution is -2.11. The normalized spacial score (nSPS) is 10.1. The van der Waals surface area contributed by atoms with Crippen LogP contribution in [0.25, 0.3) is 0 Å². The van der Waals surface area contributed by atoms with Crippen LogP contribution in [0.4, 0.5) is 4.39 Å². The third-order valence-corrected chi connectivity index (χ3v) is 3.10. The molecule has 0 aliphatic carbocycles. The first-order valence-corrected chi connectivity index (χ1v) is 6.49. The Morgan fingerprint density at radius 1 is 1.10 bits per heavy atom. The summed E-state index contributed by atoms with van der Waals surface area (Å²) in [4.78, 5) is 11.1. The minimum absolute atomic E-state index is 0.0260. The number of nitrogens with two attached hydrogens (primary N) is 2. The number of carbonyl (C=O) groups excluding carboxylic acids is 1. The van der Waals surface area contributed by atoms with Crippen molar-refractivity contribution in [2.45, 2.75) is 6.61 Å². The van der Waals surface area contributed by atoms with E-state index < -0.39 is 11.7 Å². The molecule has 0 fully saturated rings. The molecule has 0 radical (unpaired) electrons. The molecule has 0 heterocycles. The molecule has 0 saturated heterocycles. The highest BCUT2D eigenvalue weighted by atomic mass is 32.1. The number of hydrogen-bond donors (Lipinski definition) is 2. The van der Waals surface area contributed by atoms with E-state index in [9.17, 15) is 9.18 Å². The highest BCUT2D eigenvalue weighted by Crippen LogP contribution is 2.16. The van der Waals surface area contributed by atoms with Crippen LogP contribution < -0.4 is 16.2 Å². The molecule has 4 nitrogen and oxygen atoms in total. The predicted octanol–water partition coefficient (Wildman–Crippen LogP) is 2.14. The van der Waals surface area contributed by atoms with Gasteiger partial charge in [0.05, 0.1) is 0 Å². The van der Waals surface area contributed by atoms with Gasteiger partial charge in [-0.15, -0.1) is 0 Å². The third-order valence-electron chi connectivity index (χ3n) is 2.86. The molecule has 0 aliphatic heterocycles. The van der Waals surface area contributed by atoms with Crippen molar-refractivity contribution in [3.63, 3.8) is 0 Å². The molecule has 0 bridgehead atoms. The quantitative estimate of drug-likeness (QED) is 0.830. The zero-order valence-electron chi connectivity index (χ0n) is 11.0. The van der Waals surface area contributed by atoms with Gasteiger partial charge in [0, 0.05) is 16.7 Å². The first-order chi connectivity index (χ1) is 9.97. The van der Waals surface area contributed by atoms with Crippen LogP contribution in [0.15, 0.2) is 42.5 Å². The first-order valence-electron chi connectivity index (χ1n) is 6.08. The molecular weight excluding hydrogens is 291 g/mol. The van der Waals surface area contributed by atoms with E-state index >= 15 is 0 Å². The Morgan fingerprint density at radius 2 is 1.71 bits per heavy atom. The topological polar surface area (TPSA) is 78.3 Å². The number of benzene rings is 2. The van der Waals surface area contributed by atoms with Crippen LogP contribution in [0.5, 0.6) is 5.75 Å². The Labute approximate surface area is 126 Å². The van der Waals surface area contributed by atoms with Crippen LogP contribution in [-0.4, -0.2) is 10.9 Å². The molecule has 1 amide bonds. The van der Waals surface area contributed by atoms with Crippen molar-refractivity contribution < 1.29 is 13.9 Å². The lowest BCUT2D eigenvalue weighted by molar-refractivity contribution is 0.100. The number of halogens is 1. The SMILES string of the molecule is NC(=O)c1ccc(OCc2cc(C(N)=S)ccc2F)cc1. The maximum Gasteiger partial charge on any atom is 0.248 e. The molecule has 0 aromatic heterocycles. The molecule has 0 saturated carbocycles. The van der Waals surface area contributed by atoms with E-state index in [1.807, 2.05) is 0 Å². The van der Waals surface area contributed by atoms with E-state index in [0.29, 0.717) is 22.4 Å². The van der Waals surface area contributed by atoms with Crippen LogP contribution in [0.2, 0.25) is 0 Å². The summed E-state index contributed by atoms with van der Waals surface area (Å²) in [6.45, 7) is 0.0260. The number of amides is 1. The molecule has 4 N–H and O–H groups in total. The number of hydrogen-bond acceptors (Lipinski definition) is 3. The number of carbonyl (C=O) groups is 1. The standard InChI is InChI=1S/C15H13FN2O2S/c16-13-6-3-10(15(18)21)7-11(13)8-20-12-4-1-9(2-5-12)14(17)19/h1-7H,8H2,(H2,17,19)(H2,18,21). The van der Waals surface area contributed by atoms with Crippen LogP contribution in [0, 0.1) is 5.82 Å². The van der Waals surface area contributed by atoms with E-state index in [2.05, 4.69) is 0 Å². The zero-order chi connectivity index (χ0) is 15.4. The van der Waals surface area contributed by atoms with E-state index in [1.165, 1.54) is 12.1 Å². The molecule has 108 valence electrons. The lowest BCUT2D eigenvalue weighted by Gasteiger charge is -2.09. The fourth-order valence-corrected chi connectivity index (χ4v) is 1.84. The van der Waals surface area contributed by atoms with Crippen LogP contribution in [-0.2, 0) is 6.61 Å². The summed E-state index contributed by atoms with van der Waals surface area (Å²) in [5.41, 5.74) is 12.0. The zero-order valence-corrected chi connectivity index (χ0v) is 11.8. The smallest absolute Gasteiger partial charge is 0.248 e. The molecule has 2 rings (SSSR count). The summed E-state index contributed by atoms with van der Waals surface area (Å²) in [5.74, 6) is -0.416. The summed E-state index contributed by atoms with van der Waals surface area (Å²) in [6, 6.07) is 10.6. The van der Waals surface area contributed by atoms with Crippen molar-refractivity contribution in [1.29, 1.82) is 0 Å². The van der Waals surface area contributed by atoms with Gasteiger partial charge >= 0.3 is 0 Å². The summed E-state index contributed by atoms with van der Waals surface area (Å²) >= 11 is 4.85. The van der Waals surface area contributed by atoms with E-state index in [4.69, 9.17) is 28.4 Å². The molecule has 0 unspecified atom stereocenters. The maximum atomic E-state index is 13.7. The summed E-state index contributed by atoms with van der Waals surface area (Å²) in [7, 11) is 0. The molecule has 0 atom stereocenters. The van der Waals surface area contributed by atoms with Crippen molar-refractivity contribution in [3.8, 4) is 5.75 Å². The number of primary amides is 1. The van der Waals surface area contributed by atoms with Crippen molar-refractivity contribution in [1.82, 2.24) is 0 Å². The minimum Gasteiger partial charge on any atom is -0.489 e. The Balaban J connectivity index is 2.10. The van der Waals surface area contributed by atoms with Crippen LogP contribution >= 0.6 is 12.2 Å². The fraction of sp³-hybridized carbons (Fsp3) is 0.0667. The lowest BCUT2D eigenvalue weighted by atomic mass is 10.1. The van der Waals surface area contributed by atoms with Crippen molar-refractivity contribution in [2.75, 3.05) is 0 Å². The maximum absolute atomic E-state index is 13.7. The summed E-state index contributed by atoms with van der Waals surface area (Å²) in [5, 5.41) is 0. The average Bonchev–Trinajstić information content (AvgIpc) is 2.46. The number of ether oxygens (including phenoxy) is 1. The molecule has 2 aromatic rings. The Kier molecular flexibility index (Phi) is 4.49. The molecular formula is C15H13FN2O2S. The Morgan fingerprint density at radius 3 is 2.29 bits per heavy atom. The Hall–Kier alpha value is -2.47. The van der Waals surface area contributed by atoms with E-state index in [-0.39, 0.29) is 11.6 Å². The van der Waals surface area contributed by atoms with Crippen molar-refractivity contribution in [3.05, 3.63) is 65.0 Å². The van der Waals surface area contributed by atoms with Gasteiger partial charge in [-0.2, -0.15) is 0 Å². The molecule has 2 aromatic carbocycles. The molecule has 0 aliphatic rings. The van der Waals surface area contributed by atoms with Crippen molar-refractivity contribution >= 4 is 23.1 Å². The monoisotopic (exact) mass is 304 g/mol. The van der Waals surface area contributed by atoms with Gasteiger partial charge in [0.25, 0.3) is 0 Å². The molecule has 21 heavy (non-hydrogen) atoms. The third kappa shape index (κ3) is 3.76. The molecule has 0 spiro atoms. The first kappa shape index (κ1) is 14.9. The Bertz CT molecular complexity index is 687. The van der Waals surface area contributed by atoms with E-state index in [0.717, 1.165) is 0 Å². The van der Waals surface area contributed by atoms with Gasteiger partial charge in [-0.1, -0.05) is 12.2 Å². The van der Waals surface area contributed by atoms with Crippen LogP contribution in [0.3, 0.4) is 0 Å². The highest BCUT2D eigenvalue weighted by Gasteiger charge is 2.07. The van der Waals surface area contributed by atoms with E-state index in [1.54, 1.807) is 30.3 Å². The largest absolute Gasteiger partial charge is 0.489 e. The fourth-order valence-electron chi connectivity index (χ4n) is 1.72. The van der Waals surface area contributed by atoms with Gasteiger partial charge in [0.15, 0.2) is 0 Å². The number of rotatable bonds is 5. The van der Waals surface area contributed by atoms with Gasteiger partial charge in [0.1, 0.15) is 23.2 Å². The van der Waals surface area contributed by atoms with Gasteiger partial charge in [-0.05, 0) is 42.5 Å². The average molecular weight is 304 g/mol. The second kappa shape index (κ2) is 6.32. The summed E-state index contributed by atoms with van der Waals surface area (Å²) in [6.07, 6.45) is 0.